The molecule has 19 heavy (non-hydrogen) atoms. The number of fused-ring (bicyclic) bond motifs is 2. The molecule has 0 bridgehead atoms. The third-order valence-corrected chi connectivity index (χ3v) is 3.21. The molecule has 0 saturated heterocycles. The third kappa shape index (κ3) is 1.95. The lowest BCUT2D eigenvalue weighted by Gasteiger charge is -2.31. The average molecular weight is 262 g/mol. The van der Waals surface area contributed by atoms with E-state index in [0.717, 1.165) is 11.3 Å². The number of methoxy groups -OCH3 is 2. The van der Waals surface area contributed by atoms with Crippen molar-refractivity contribution >= 4 is 6.03 Å². The Morgan fingerprint density at radius 1 is 1.26 bits per heavy atom. The van der Waals surface area contributed by atoms with Crippen molar-refractivity contribution in [3.63, 3.8) is 0 Å². The third-order valence-electron chi connectivity index (χ3n) is 3.21. The Labute approximate surface area is 110 Å². The molecule has 2 N–H and O–H groups in total. The minimum atomic E-state index is -0.221. The van der Waals surface area contributed by atoms with Gasteiger partial charge in [0.05, 0.1) is 20.3 Å². The van der Waals surface area contributed by atoms with Gasteiger partial charge in [0.2, 0.25) is 0 Å². The molecule has 6 heteroatoms. The fourth-order valence-electron chi connectivity index (χ4n) is 2.26. The van der Waals surface area contributed by atoms with Crippen LogP contribution in [0, 0.1) is 0 Å². The number of nitrogens with one attached hydrogen (secondary N) is 2. The van der Waals surface area contributed by atoms with E-state index in [1.807, 2.05) is 6.07 Å². The Hall–Kier alpha value is -2.37. The maximum atomic E-state index is 11.3. The van der Waals surface area contributed by atoms with Gasteiger partial charge in [-0.25, -0.2) is 4.79 Å². The molecule has 0 radical (unpaired) electrons. The van der Waals surface area contributed by atoms with Gasteiger partial charge < -0.3 is 24.8 Å². The predicted octanol–water partition coefficient (Wildman–Crippen LogP) is 1.16. The quantitative estimate of drug-likeness (QED) is 0.839. The second kappa shape index (κ2) is 4.38. The number of hydrogen-bond donors (Lipinski definition) is 2. The van der Waals surface area contributed by atoms with Gasteiger partial charge >= 0.3 is 6.03 Å². The molecular formula is C13H14N2O4. The lowest BCUT2D eigenvalue weighted by Crippen LogP contribution is -2.49. The molecule has 0 spiro atoms. The number of amides is 2. The average Bonchev–Trinajstić information content (AvgIpc) is 2.43. The van der Waals surface area contributed by atoms with Crippen LogP contribution in [0.3, 0.4) is 0 Å². The van der Waals surface area contributed by atoms with Crippen LogP contribution >= 0.6 is 0 Å². The zero-order valence-corrected chi connectivity index (χ0v) is 10.6. The fourth-order valence-corrected chi connectivity index (χ4v) is 2.26. The van der Waals surface area contributed by atoms with E-state index in [-0.39, 0.29) is 12.1 Å². The van der Waals surface area contributed by atoms with Crippen LogP contribution in [0.15, 0.2) is 24.1 Å². The summed E-state index contributed by atoms with van der Waals surface area (Å²) in [5, 5.41) is 5.38. The van der Waals surface area contributed by atoms with Crippen molar-refractivity contribution in [2.24, 2.45) is 0 Å². The van der Waals surface area contributed by atoms with Crippen LogP contribution in [0.4, 0.5) is 4.79 Å². The largest absolute Gasteiger partial charge is 0.493 e. The molecular weight excluding hydrogens is 248 g/mol. The molecule has 2 amide bonds. The Bertz CT molecular complexity index is 568. The maximum absolute atomic E-state index is 11.3. The first-order valence-corrected chi connectivity index (χ1v) is 5.91. The topological polar surface area (TPSA) is 68.8 Å². The standard InChI is InChI=1S/C13H14N2O4/c1-17-10-4-7-3-8-12(6-14-13(16)15-8)19-9(7)5-11(10)18-2/h4-6,8H,3H2,1-2H3,(H2,14,15,16). The van der Waals surface area contributed by atoms with Gasteiger partial charge in [0.1, 0.15) is 11.5 Å². The van der Waals surface area contributed by atoms with Gasteiger partial charge in [0.15, 0.2) is 11.5 Å². The molecule has 1 atom stereocenters. The van der Waals surface area contributed by atoms with Crippen LogP contribution < -0.4 is 24.8 Å². The van der Waals surface area contributed by atoms with E-state index >= 15 is 0 Å². The number of carbonyl (C=O) groups is 1. The predicted molar refractivity (Wildman–Crippen MR) is 67.4 cm³/mol. The summed E-state index contributed by atoms with van der Waals surface area (Å²) in [4.78, 5) is 11.3. The first kappa shape index (κ1) is 11.7. The first-order chi connectivity index (χ1) is 9.21. The van der Waals surface area contributed by atoms with Crippen molar-refractivity contribution in [2.45, 2.75) is 12.5 Å². The molecule has 0 saturated carbocycles. The first-order valence-electron chi connectivity index (χ1n) is 5.91. The molecule has 1 aromatic rings. The minimum Gasteiger partial charge on any atom is -0.493 e. The Morgan fingerprint density at radius 2 is 2.00 bits per heavy atom. The van der Waals surface area contributed by atoms with Crippen molar-refractivity contribution in [3.8, 4) is 17.2 Å². The second-order valence-corrected chi connectivity index (χ2v) is 4.34. The van der Waals surface area contributed by atoms with E-state index in [4.69, 9.17) is 14.2 Å². The van der Waals surface area contributed by atoms with Gasteiger partial charge in [-0.1, -0.05) is 0 Å². The van der Waals surface area contributed by atoms with Crippen LogP contribution in [0.5, 0.6) is 17.2 Å². The molecule has 2 heterocycles. The lowest BCUT2D eigenvalue weighted by molar-refractivity contribution is 0.229. The van der Waals surface area contributed by atoms with Gasteiger partial charge in [-0.3, -0.25) is 0 Å². The SMILES string of the molecule is COc1cc2c(cc1OC)OC1=CNC(=O)NC1C2. The Morgan fingerprint density at radius 3 is 2.74 bits per heavy atom. The van der Waals surface area contributed by atoms with E-state index in [9.17, 15) is 4.79 Å². The smallest absolute Gasteiger partial charge is 0.319 e. The van der Waals surface area contributed by atoms with E-state index < -0.39 is 0 Å². The number of rotatable bonds is 2. The highest BCUT2D eigenvalue weighted by atomic mass is 16.5. The molecule has 2 aliphatic rings. The molecule has 3 rings (SSSR count). The highest BCUT2D eigenvalue weighted by molar-refractivity contribution is 5.77. The molecule has 1 aromatic carbocycles. The zero-order valence-electron chi connectivity index (χ0n) is 10.6. The van der Waals surface area contributed by atoms with Gasteiger partial charge in [0.25, 0.3) is 0 Å². The molecule has 2 aliphatic heterocycles. The summed E-state index contributed by atoms with van der Waals surface area (Å²) >= 11 is 0. The number of hydrogen-bond acceptors (Lipinski definition) is 4. The van der Waals surface area contributed by atoms with Gasteiger partial charge in [-0.15, -0.1) is 0 Å². The van der Waals surface area contributed by atoms with Crippen LogP contribution in [-0.2, 0) is 6.42 Å². The van der Waals surface area contributed by atoms with Crippen molar-refractivity contribution in [1.29, 1.82) is 0 Å². The van der Waals surface area contributed by atoms with E-state index in [1.54, 1.807) is 26.5 Å². The van der Waals surface area contributed by atoms with E-state index in [0.29, 0.717) is 23.7 Å². The van der Waals surface area contributed by atoms with Crippen molar-refractivity contribution in [1.82, 2.24) is 10.6 Å². The summed E-state index contributed by atoms with van der Waals surface area (Å²) in [7, 11) is 3.17. The Balaban J connectivity index is 1.99. The highest BCUT2D eigenvalue weighted by Gasteiger charge is 2.30. The van der Waals surface area contributed by atoms with Crippen LogP contribution in [0.1, 0.15) is 5.56 Å². The lowest BCUT2D eigenvalue weighted by atomic mass is 9.99. The zero-order chi connectivity index (χ0) is 13.4. The summed E-state index contributed by atoms with van der Waals surface area (Å²) in [5.74, 6) is 2.68. The summed E-state index contributed by atoms with van der Waals surface area (Å²) in [5.41, 5.74) is 0.974. The van der Waals surface area contributed by atoms with Crippen molar-refractivity contribution in [3.05, 3.63) is 29.7 Å². The summed E-state index contributed by atoms with van der Waals surface area (Å²) < 4.78 is 16.3. The maximum Gasteiger partial charge on any atom is 0.319 e. The molecule has 0 aromatic heterocycles. The normalized spacial score (nSPS) is 20.0. The molecule has 0 aliphatic carbocycles. The van der Waals surface area contributed by atoms with Crippen LogP contribution in [0.2, 0.25) is 0 Å². The highest BCUT2D eigenvalue weighted by Crippen LogP contribution is 2.39. The summed E-state index contributed by atoms with van der Waals surface area (Å²) in [6.45, 7) is 0. The van der Waals surface area contributed by atoms with Crippen molar-refractivity contribution < 1.29 is 19.0 Å². The Kier molecular flexibility index (Phi) is 2.70. The number of carbonyl (C=O) groups excluding carboxylic acids is 1. The number of benzene rings is 1. The summed E-state index contributed by atoms with van der Waals surface area (Å²) in [6.07, 6.45) is 2.25. The van der Waals surface area contributed by atoms with Gasteiger partial charge in [-0.05, 0) is 6.07 Å². The van der Waals surface area contributed by atoms with Crippen molar-refractivity contribution in [2.75, 3.05) is 14.2 Å². The van der Waals surface area contributed by atoms with Gasteiger partial charge in [0, 0.05) is 24.3 Å². The van der Waals surface area contributed by atoms with Crippen LogP contribution in [0.25, 0.3) is 0 Å². The van der Waals surface area contributed by atoms with E-state index in [1.165, 1.54) is 0 Å². The molecule has 0 fully saturated rings. The monoisotopic (exact) mass is 262 g/mol. The van der Waals surface area contributed by atoms with Gasteiger partial charge in [-0.2, -0.15) is 0 Å². The molecule has 100 valence electrons. The number of urea groups is 1. The molecule has 1 unspecified atom stereocenters. The summed E-state index contributed by atoms with van der Waals surface area (Å²) in [6, 6.07) is 3.31. The second-order valence-electron chi connectivity index (χ2n) is 4.34. The number of ether oxygens (including phenoxy) is 3. The molecule has 6 nitrogen and oxygen atoms in total. The van der Waals surface area contributed by atoms with Crippen LogP contribution in [-0.4, -0.2) is 26.3 Å². The van der Waals surface area contributed by atoms with E-state index in [2.05, 4.69) is 10.6 Å². The minimum absolute atomic E-state index is 0.139. The fraction of sp³-hybridized carbons (Fsp3) is 0.308.